The van der Waals surface area contributed by atoms with Crippen molar-refractivity contribution in [1.29, 1.82) is 0 Å². The Kier molecular flexibility index (Phi) is 5.41. The smallest absolute Gasteiger partial charge is 0.400 e. The molecule has 1 saturated heterocycles. The SMILES string of the molecule is CC(=O)SCC(=Cc1c[nH]c2ncc(Br)cc12)B1OC(C)(C)C(C)(C)O1. The van der Waals surface area contributed by atoms with Crippen molar-refractivity contribution in [3.8, 4) is 0 Å². The van der Waals surface area contributed by atoms with Gasteiger partial charge < -0.3 is 14.3 Å². The molecular weight excluding hydrogens is 415 g/mol. The number of nitrogens with one attached hydrogen (secondary N) is 1. The number of aromatic amines is 1. The molecule has 2 aromatic rings. The Labute approximate surface area is 166 Å². The first-order valence-electron chi connectivity index (χ1n) is 8.41. The fourth-order valence-corrected chi connectivity index (χ4v) is 3.60. The van der Waals surface area contributed by atoms with Crippen LogP contribution in [0.1, 0.15) is 40.2 Å². The molecule has 138 valence electrons. The molecule has 0 unspecified atom stereocenters. The van der Waals surface area contributed by atoms with Crippen LogP contribution in [0.4, 0.5) is 0 Å². The minimum Gasteiger partial charge on any atom is -0.400 e. The molecule has 3 heterocycles. The van der Waals surface area contributed by atoms with Gasteiger partial charge in [0.25, 0.3) is 0 Å². The highest BCUT2D eigenvalue weighted by atomic mass is 79.9. The molecule has 26 heavy (non-hydrogen) atoms. The second-order valence-electron chi connectivity index (χ2n) is 7.38. The van der Waals surface area contributed by atoms with Crippen LogP contribution in [0.25, 0.3) is 17.1 Å². The van der Waals surface area contributed by atoms with Crippen LogP contribution in [0.15, 0.2) is 28.4 Å². The van der Waals surface area contributed by atoms with Crippen molar-refractivity contribution >= 4 is 57.0 Å². The van der Waals surface area contributed by atoms with Crippen LogP contribution in [0.5, 0.6) is 0 Å². The monoisotopic (exact) mass is 436 g/mol. The number of pyridine rings is 1. The van der Waals surface area contributed by atoms with Crippen LogP contribution >= 0.6 is 27.7 Å². The van der Waals surface area contributed by atoms with Crippen molar-refractivity contribution in [2.24, 2.45) is 0 Å². The summed E-state index contributed by atoms with van der Waals surface area (Å²) in [4.78, 5) is 19.1. The Morgan fingerprint density at radius 1 is 1.35 bits per heavy atom. The summed E-state index contributed by atoms with van der Waals surface area (Å²) in [5.74, 6) is 0.514. The Hall–Kier alpha value is -1.09. The summed E-state index contributed by atoms with van der Waals surface area (Å²) in [6.45, 7) is 9.66. The van der Waals surface area contributed by atoms with Gasteiger partial charge in [0.2, 0.25) is 0 Å². The molecule has 0 saturated carbocycles. The third-order valence-electron chi connectivity index (χ3n) is 4.87. The van der Waals surface area contributed by atoms with Crippen LogP contribution in [-0.2, 0) is 14.1 Å². The average Bonchev–Trinajstić information content (AvgIpc) is 3.01. The van der Waals surface area contributed by atoms with Gasteiger partial charge in [0.05, 0.1) is 11.2 Å². The van der Waals surface area contributed by atoms with E-state index < -0.39 is 18.3 Å². The van der Waals surface area contributed by atoms with Crippen LogP contribution in [0.2, 0.25) is 0 Å². The molecular formula is C18H22BBrN2O3S. The first kappa shape index (κ1) is 19.7. The Bertz CT molecular complexity index is 862. The minimum atomic E-state index is -0.489. The van der Waals surface area contributed by atoms with E-state index in [2.05, 4.69) is 25.9 Å². The van der Waals surface area contributed by atoms with E-state index in [1.807, 2.05) is 46.0 Å². The number of halogens is 1. The molecule has 0 amide bonds. The van der Waals surface area contributed by atoms with E-state index in [4.69, 9.17) is 9.31 Å². The number of carbonyl (C=O) groups is 1. The summed E-state index contributed by atoms with van der Waals surface area (Å²) < 4.78 is 13.3. The van der Waals surface area contributed by atoms with E-state index in [0.717, 1.165) is 26.5 Å². The molecule has 1 fully saturated rings. The average molecular weight is 437 g/mol. The van der Waals surface area contributed by atoms with E-state index in [1.165, 1.54) is 11.8 Å². The van der Waals surface area contributed by atoms with Crippen molar-refractivity contribution in [3.63, 3.8) is 0 Å². The Morgan fingerprint density at radius 2 is 2.00 bits per heavy atom. The van der Waals surface area contributed by atoms with Crippen molar-refractivity contribution in [2.75, 3.05) is 5.75 Å². The molecule has 0 bridgehead atoms. The molecule has 5 nitrogen and oxygen atoms in total. The lowest BCUT2D eigenvalue weighted by Crippen LogP contribution is -2.41. The lowest BCUT2D eigenvalue weighted by molar-refractivity contribution is -0.109. The third-order valence-corrected chi connectivity index (χ3v) is 6.19. The van der Waals surface area contributed by atoms with Gasteiger partial charge in [-0.25, -0.2) is 4.98 Å². The van der Waals surface area contributed by atoms with Crippen LogP contribution < -0.4 is 0 Å². The molecule has 3 rings (SSSR count). The highest BCUT2D eigenvalue weighted by Crippen LogP contribution is 2.39. The summed E-state index contributed by atoms with van der Waals surface area (Å²) >= 11 is 4.72. The van der Waals surface area contributed by atoms with Gasteiger partial charge in [-0.15, -0.1) is 0 Å². The van der Waals surface area contributed by atoms with Crippen molar-refractivity contribution in [2.45, 2.75) is 45.8 Å². The molecule has 1 aliphatic heterocycles. The number of hydrogen-bond donors (Lipinski definition) is 1. The van der Waals surface area contributed by atoms with Crippen molar-refractivity contribution in [3.05, 3.63) is 34.0 Å². The molecule has 0 aromatic carbocycles. The van der Waals surface area contributed by atoms with Gasteiger partial charge in [-0.2, -0.15) is 0 Å². The van der Waals surface area contributed by atoms with Crippen LogP contribution in [0, 0.1) is 0 Å². The van der Waals surface area contributed by atoms with Gasteiger partial charge >= 0.3 is 7.12 Å². The molecule has 0 spiro atoms. The molecule has 0 atom stereocenters. The highest BCUT2D eigenvalue weighted by Gasteiger charge is 2.52. The summed E-state index contributed by atoms with van der Waals surface area (Å²) in [5, 5.41) is 1.07. The standard InChI is InChI=1S/C18H22BBrN2O3S/c1-11(23)26-10-13(19-24-17(2,3)18(4,5)25-19)6-12-8-21-16-15(12)7-14(20)9-22-16/h6-9H,10H2,1-5H3,(H,21,22). The summed E-state index contributed by atoms with van der Waals surface area (Å²) in [7, 11) is -0.489. The zero-order chi connectivity index (χ0) is 19.1. The van der Waals surface area contributed by atoms with E-state index in [-0.39, 0.29) is 5.12 Å². The van der Waals surface area contributed by atoms with E-state index in [0.29, 0.717) is 5.75 Å². The van der Waals surface area contributed by atoms with Gasteiger partial charge in [-0.1, -0.05) is 17.8 Å². The van der Waals surface area contributed by atoms with Gasteiger partial charge in [-0.05, 0) is 55.2 Å². The van der Waals surface area contributed by atoms with E-state index in [9.17, 15) is 4.79 Å². The molecule has 8 heteroatoms. The minimum absolute atomic E-state index is 0.0655. The van der Waals surface area contributed by atoms with Gasteiger partial charge in [0.15, 0.2) is 5.12 Å². The zero-order valence-electron chi connectivity index (χ0n) is 15.6. The van der Waals surface area contributed by atoms with Gasteiger partial charge in [0, 0.05) is 40.5 Å². The molecule has 0 aliphatic carbocycles. The molecule has 1 N–H and O–H groups in total. The largest absolute Gasteiger partial charge is 0.491 e. The second-order valence-corrected chi connectivity index (χ2v) is 9.45. The lowest BCUT2D eigenvalue weighted by atomic mass is 9.78. The fraction of sp³-hybridized carbons (Fsp3) is 0.444. The highest BCUT2D eigenvalue weighted by molar-refractivity contribution is 9.10. The maximum absolute atomic E-state index is 11.5. The number of rotatable bonds is 4. The summed E-state index contributed by atoms with van der Waals surface area (Å²) in [6, 6.07) is 2.02. The second kappa shape index (κ2) is 7.15. The number of fused-ring (bicyclic) bond motifs is 1. The molecule has 1 aliphatic rings. The number of carbonyl (C=O) groups excluding carboxylic acids is 1. The van der Waals surface area contributed by atoms with Crippen LogP contribution in [-0.4, -0.2) is 39.2 Å². The fourth-order valence-electron chi connectivity index (χ4n) is 2.67. The normalized spacial score (nSPS) is 19.3. The Morgan fingerprint density at radius 3 is 2.62 bits per heavy atom. The van der Waals surface area contributed by atoms with Crippen LogP contribution in [0.3, 0.4) is 0 Å². The quantitative estimate of drug-likeness (QED) is 0.708. The number of thioether (sulfide) groups is 1. The number of nitrogens with zero attached hydrogens (tertiary/aromatic N) is 1. The van der Waals surface area contributed by atoms with Crippen molar-refractivity contribution < 1.29 is 14.1 Å². The predicted molar refractivity (Wildman–Crippen MR) is 111 cm³/mol. The maximum atomic E-state index is 11.5. The third kappa shape index (κ3) is 3.93. The van der Waals surface area contributed by atoms with Gasteiger partial charge in [0.1, 0.15) is 5.65 Å². The maximum Gasteiger partial charge on any atom is 0.491 e. The first-order chi connectivity index (χ1) is 12.1. The number of aromatic nitrogens is 2. The summed E-state index contributed by atoms with van der Waals surface area (Å²) in [6.07, 6.45) is 5.70. The molecule has 0 radical (unpaired) electrons. The Balaban J connectivity index is 1.99. The van der Waals surface area contributed by atoms with E-state index >= 15 is 0 Å². The number of hydrogen-bond acceptors (Lipinski definition) is 5. The topological polar surface area (TPSA) is 64.2 Å². The van der Waals surface area contributed by atoms with Crippen molar-refractivity contribution in [1.82, 2.24) is 9.97 Å². The van der Waals surface area contributed by atoms with Gasteiger partial charge in [-0.3, -0.25) is 4.79 Å². The first-order valence-corrected chi connectivity index (χ1v) is 10.2. The lowest BCUT2D eigenvalue weighted by Gasteiger charge is -2.32. The number of H-pyrrole nitrogens is 1. The zero-order valence-corrected chi connectivity index (χ0v) is 18.0. The molecule has 2 aromatic heterocycles. The van der Waals surface area contributed by atoms with E-state index in [1.54, 1.807) is 13.1 Å². The summed E-state index contributed by atoms with van der Waals surface area (Å²) in [5.41, 5.74) is 1.87. The predicted octanol–water partition coefficient (Wildman–Crippen LogP) is 4.62.